The van der Waals surface area contributed by atoms with Gasteiger partial charge in [0, 0.05) is 26.7 Å². The number of H-pyrrole nitrogens is 2. The van der Waals surface area contributed by atoms with Crippen LogP contribution < -0.4 is 32.9 Å². The highest BCUT2D eigenvalue weighted by Crippen LogP contribution is 2.68. The van der Waals surface area contributed by atoms with E-state index in [-0.39, 0.29) is 64.2 Å². The predicted octanol–water partition coefficient (Wildman–Crippen LogP) is -3.56. The van der Waals surface area contributed by atoms with Crippen molar-refractivity contribution in [1.82, 2.24) is 53.6 Å². The minimum atomic E-state index is -6.07. The molecule has 416 valence electrons. The minimum absolute atomic E-state index is 0.00739. The summed E-state index contributed by atoms with van der Waals surface area (Å²) in [6, 6.07) is 0. The number of aryl methyl sites for hydroxylation is 1. The van der Waals surface area contributed by atoms with Crippen molar-refractivity contribution in [3.05, 3.63) is 46.0 Å². The monoisotopic (exact) mass is 1140 g/mol. The number of nitrogens with two attached hydrogens (primary N) is 3. The van der Waals surface area contributed by atoms with Gasteiger partial charge in [0.2, 0.25) is 17.7 Å². The van der Waals surface area contributed by atoms with Crippen LogP contribution in [-0.2, 0) is 71.6 Å². The topological polar surface area (TPSA) is 514 Å². The van der Waals surface area contributed by atoms with Crippen molar-refractivity contribution >= 4 is 74.7 Å². The molecule has 0 saturated carbocycles. The Hall–Kier alpha value is -5.34. The number of anilines is 3. The third-order valence-corrected chi connectivity index (χ3v) is 16.6. The van der Waals surface area contributed by atoms with E-state index in [2.05, 4.69) is 48.5 Å². The fraction of sp³-hybridized carbons (Fsp3) is 0.583. The van der Waals surface area contributed by atoms with Gasteiger partial charge < -0.3 is 80.4 Å². The number of phosphoric ester groups is 2. The molecule has 3 aliphatic rings. The van der Waals surface area contributed by atoms with E-state index in [0.717, 1.165) is 6.33 Å². The van der Waals surface area contributed by atoms with Gasteiger partial charge in [0.25, 0.3) is 17.1 Å². The van der Waals surface area contributed by atoms with Crippen LogP contribution in [0.1, 0.15) is 25.1 Å². The first-order chi connectivity index (χ1) is 36.0. The predicted molar refractivity (Wildman–Crippen MR) is 248 cm³/mol. The number of methoxy groups -OCH3 is 2. The molecule has 37 nitrogen and oxygen atoms in total. The number of ether oxygens (including phenoxy) is 7. The number of nitrogens with zero attached hydrogens (tertiary/aromatic N) is 10. The molecule has 76 heavy (non-hydrogen) atoms. The van der Waals surface area contributed by atoms with E-state index in [4.69, 9.17) is 59.4 Å². The molecule has 0 radical (unpaired) electrons. The molecular weight excluding hydrogens is 1090 g/mol. The number of imidazole rings is 3. The summed E-state index contributed by atoms with van der Waals surface area (Å²) in [5.41, 5.74) is 16.4. The van der Waals surface area contributed by atoms with E-state index < -0.39 is 135 Å². The van der Waals surface area contributed by atoms with Gasteiger partial charge in [0.05, 0.1) is 45.6 Å². The van der Waals surface area contributed by atoms with Gasteiger partial charge in [0.1, 0.15) is 61.4 Å². The van der Waals surface area contributed by atoms with Gasteiger partial charge in [0.15, 0.2) is 41.4 Å². The number of aliphatic hydroxyl groups excluding tert-OH is 3. The van der Waals surface area contributed by atoms with E-state index >= 15 is 0 Å². The number of nitrogens with one attached hydrogen (secondary N) is 2. The lowest BCUT2D eigenvalue weighted by Crippen LogP contribution is -2.45. The second kappa shape index (κ2) is 21.8. The fourth-order valence-electron chi connectivity index (χ4n) is 9.00. The molecule has 0 aliphatic carbocycles. The highest BCUT2D eigenvalue weighted by molar-refractivity contribution is 7.66. The highest BCUT2D eigenvalue weighted by atomic mass is 31.3. The molecule has 3 unspecified atom stereocenters. The Morgan fingerprint density at radius 2 is 1.38 bits per heavy atom. The SMILES string of the molecule is COCC[C@H]1[C@@H](O)[C@H]([n+]2cn(C)c3c(=O)[nH]c(N)nc32)O[C@@H]1COP(=O)(O)OP(=O)(O)OP(=O)(O)OC[C@H]1O[C@@H](n2cnc3c(N)ncnc32)[C@H](OC)[C@@H]1OCOC[C@H]1O[C@@H](n2cnc3c(=O)[nH]c(N)nc32)[C@H](O)[C@@H]1O. The maximum Gasteiger partial charge on any atom is 0.490 e. The Kier molecular flexibility index (Phi) is 15.9. The van der Waals surface area contributed by atoms with Gasteiger partial charge in [-0.3, -0.25) is 42.3 Å². The van der Waals surface area contributed by atoms with Crippen LogP contribution in [0, 0.1) is 5.92 Å². The molecule has 40 heteroatoms. The number of aliphatic hydroxyl groups is 3. The number of hydrogen-bond donors (Lipinski definition) is 11. The third-order valence-electron chi connectivity index (χ3n) is 12.4. The van der Waals surface area contributed by atoms with Crippen LogP contribution >= 0.6 is 23.5 Å². The molecule has 14 N–H and O–H groups in total. The highest BCUT2D eigenvalue weighted by Gasteiger charge is 2.52. The van der Waals surface area contributed by atoms with Gasteiger partial charge in [-0.1, -0.05) is 4.98 Å². The number of rotatable bonds is 22. The Morgan fingerprint density at radius 3 is 2.08 bits per heavy atom. The first kappa shape index (κ1) is 55.4. The number of aromatic amines is 2. The maximum atomic E-state index is 13.3. The van der Waals surface area contributed by atoms with E-state index in [1.165, 1.54) is 58.5 Å². The molecule has 15 atom stereocenters. The lowest BCUT2D eigenvalue weighted by molar-refractivity contribution is -0.745. The summed E-state index contributed by atoms with van der Waals surface area (Å²) >= 11 is 0. The molecule has 0 aromatic carbocycles. The van der Waals surface area contributed by atoms with E-state index in [0.29, 0.717) is 0 Å². The van der Waals surface area contributed by atoms with Gasteiger partial charge >= 0.3 is 29.1 Å². The number of hydrogen-bond acceptors (Lipinski definition) is 28. The first-order valence-corrected chi connectivity index (χ1v) is 26.8. The van der Waals surface area contributed by atoms with Crippen LogP contribution in [0.3, 0.4) is 0 Å². The second-order valence-corrected chi connectivity index (χ2v) is 21.8. The molecule has 0 amide bonds. The largest absolute Gasteiger partial charge is 0.490 e. The van der Waals surface area contributed by atoms with Crippen LogP contribution in [0.4, 0.5) is 17.7 Å². The zero-order valence-electron chi connectivity index (χ0n) is 39.7. The minimum Gasteiger partial charge on any atom is -0.387 e. The van der Waals surface area contributed by atoms with Crippen LogP contribution in [0.2, 0.25) is 0 Å². The van der Waals surface area contributed by atoms with Crippen molar-refractivity contribution in [2.45, 2.75) is 73.9 Å². The van der Waals surface area contributed by atoms with Gasteiger partial charge in [-0.05, 0) is 6.42 Å². The quantitative estimate of drug-likeness (QED) is 0.0136. The van der Waals surface area contributed by atoms with E-state index in [9.17, 15) is 53.3 Å². The summed E-state index contributed by atoms with van der Waals surface area (Å²) in [4.78, 5) is 85.9. The van der Waals surface area contributed by atoms with Gasteiger partial charge in [-0.2, -0.15) is 13.6 Å². The third kappa shape index (κ3) is 11.2. The molecule has 0 spiro atoms. The normalized spacial score (nSPS) is 29.4. The number of nitrogen functional groups attached to an aromatic ring is 3. The summed E-state index contributed by atoms with van der Waals surface area (Å²) in [5, 5.41) is 33.2. The number of fused-ring (bicyclic) bond motifs is 3. The Labute approximate surface area is 424 Å². The average Bonchev–Trinajstić information content (AvgIpc) is 4.22. The average molecular weight is 1140 g/mol. The number of aromatic nitrogens is 12. The molecular formula is C36H51N15O22P3+. The summed E-state index contributed by atoms with van der Waals surface area (Å²) < 4.78 is 104. The lowest BCUT2D eigenvalue weighted by atomic mass is 9.95. The van der Waals surface area contributed by atoms with Crippen LogP contribution in [0.25, 0.3) is 33.5 Å². The Balaban J connectivity index is 0.846. The molecule has 9 rings (SSSR count). The summed E-state index contributed by atoms with van der Waals surface area (Å²) in [7, 11) is -13.4. The molecule has 3 fully saturated rings. The second-order valence-electron chi connectivity index (χ2n) is 17.2. The van der Waals surface area contributed by atoms with Crippen molar-refractivity contribution in [2.75, 3.05) is 64.6 Å². The smallest absolute Gasteiger partial charge is 0.387 e. The maximum absolute atomic E-state index is 13.3. The van der Waals surface area contributed by atoms with Crippen molar-refractivity contribution in [3.63, 3.8) is 0 Å². The molecule has 6 aromatic heterocycles. The molecule has 6 aromatic rings. The molecule has 3 aliphatic heterocycles. The van der Waals surface area contributed by atoms with Crippen LogP contribution in [-0.4, -0.2) is 180 Å². The lowest BCUT2D eigenvalue weighted by Gasteiger charge is -2.24. The molecule has 3 saturated heterocycles. The Bertz CT molecular complexity index is 3360. The van der Waals surface area contributed by atoms with E-state index in [1.807, 2.05) is 0 Å². The molecule has 0 bridgehead atoms. The Morgan fingerprint density at radius 1 is 0.737 bits per heavy atom. The summed E-state index contributed by atoms with van der Waals surface area (Å²) in [5.74, 6) is -1.37. The zero-order chi connectivity index (χ0) is 54.6. The summed E-state index contributed by atoms with van der Waals surface area (Å²) in [6.07, 6.45) is -9.64. The fourth-order valence-corrected chi connectivity index (χ4v) is 12.5. The van der Waals surface area contributed by atoms with E-state index in [1.54, 1.807) is 0 Å². The van der Waals surface area contributed by atoms with Gasteiger partial charge in [-0.25, -0.2) is 38.2 Å². The molecule has 9 heterocycles. The van der Waals surface area contributed by atoms with Crippen LogP contribution in [0.5, 0.6) is 0 Å². The van der Waals surface area contributed by atoms with Crippen molar-refractivity contribution in [2.24, 2.45) is 13.0 Å². The number of phosphoric acid groups is 3. The van der Waals surface area contributed by atoms with Crippen molar-refractivity contribution in [3.8, 4) is 0 Å². The zero-order valence-corrected chi connectivity index (χ0v) is 42.4. The van der Waals surface area contributed by atoms with Crippen molar-refractivity contribution in [1.29, 1.82) is 0 Å². The van der Waals surface area contributed by atoms with Crippen molar-refractivity contribution < 1.29 is 99.1 Å². The standard InChI is InChI=1S/C36H50N15O22P3/c1-48-12-51(29-20(48)31(56)47-36(39)45-29)32-21(52)14(4-5-63-2)15(69-32)7-67-74(57,58)72-76(61,62)73-75(59,60)68-8-17-24(25(64-3)34(71-17)49-10-42-18-26(37)40-9-41-27(18)49)66-13-65-6-16-22(53)23(54)33(70-16)50-11-43-19-28(50)44-35(38)46-30(19)55/h9-12,14-17,21-25,32-34,52-54H,4-8,13H2,1-3H3,(H10-,37,38,39,40,41,44,45,46,47,55,56,57,58,59,60,61,62)/p+1/t14-,15-,16-,17-,21-,22-,23-,24-,25-,32-,33-,34-/m1/s1. The summed E-state index contributed by atoms with van der Waals surface area (Å²) in [6.45, 7) is -2.90. The van der Waals surface area contributed by atoms with Gasteiger partial charge in [-0.15, -0.1) is 0 Å². The van der Waals surface area contributed by atoms with Crippen LogP contribution in [0.15, 0.2) is 34.9 Å². The first-order valence-electron chi connectivity index (χ1n) is 22.3.